The van der Waals surface area contributed by atoms with E-state index in [9.17, 15) is 9.59 Å². The van der Waals surface area contributed by atoms with Crippen LogP contribution in [0, 0.1) is 0 Å². The lowest BCUT2D eigenvalue weighted by Gasteiger charge is -2.22. The standard InChI is InChI=1S/C29H29ClN4O2/c1-3-18-33(29(36)23-16-14-21(4-2)15-17-23)20-28(35)31-27-19-25(22-10-6-5-7-11-22)32-34(27)26-13-9-8-12-24(26)30/h5-17,19H,3-4,18,20H2,1-2H3,(H,31,35). The number of para-hydroxylation sites is 1. The minimum atomic E-state index is -0.310. The highest BCUT2D eigenvalue weighted by Crippen LogP contribution is 2.28. The molecule has 0 aliphatic rings. The Bertz CT molecular complexity index is 1330. The zero-order chi connectivity index (χ0) is 25.5. The van der Waals surface area contributed by atoms with Crippen LogP contribution in [0.1, 0.15) is 36.2 Å². The number of aryl methyl sites for hydroxylation is 1. The molecular formula is C29H29ClN4O2. The largest absolute Gasteiger partial charge is 0.329 e. The average molecular weight is 501 g/mol. The predicted molar refractivity (Wildman–Crippen MR) is 145 cm³/mol. The number of nitrogens with zero attached hydrogens (tertiary/aromatic N) is 3. The third kappa shape index (κ3) is 5.83. The van der Waals surface area contributed by atoms with E-state index < -0.39 is 0 Å². The molecule has 0 bridgehead atoms. The third-order valence-electron chi connectivity index (χ3n) is 5.85. The fourth-order valence-electron chi connectivity index (χ4n) is 3.97. The van der Waals surface area contributed by atoms with Crippen LogP contribution in [0.15, 0.2) is 84.9 Å². The van der Waals surface area contributed by atoms with Gasteiger partial charge in [-0.1, -0.05) is 80.0 Å². The number of aromatic nitrogens is 2. The van der Waals surface area contributed by atoms with Crippen molar-refractivity contribution >= 4 is 29.2 Å². The van der Waals surface area contributed by atoms with E-state index >= 15 is 0 Å². The molecule has 0 atom stereocenters. The van der Waals surface area contributed by atoms with Crippen LogP contribution in [-0.4, -0.2) is 39.6 Å². The minimum Gasteiger partial charge on any atom is -0.329 e. The van der Waals surface area contributed by atoms with E-state index in [2.05, 4.69) is 12.2 Å². The summed E-state index contributed by atoms with van der Waals surface area (Å²) in [5.74, 6) is -0.00261. The zero-order valence-electron chi connectivity index (χ0n) is 20.4. The van der Waals surface area contributed by atoms with Gasteiger partial charge in [0.05, 0.1) is 16.4 Å². The first-order chi connectivity index (χ1) is 17.5. The van der Waals surface area contributed by atoms with Crippen molar-refractivity contribution in [3.05, 3.63) is 101 Å². The van der Waals surface area contributed by atoms with Gasteiger partial charge in [0, 0.05) is 23.7 Å². The van der Waals surface area contributed by atoms with E-state index in [1.54, 1.807) is 15.6 Å². The van der Waals surface area contributed by atoms with Crippen LogP contribution in [0.5, 0.6) is 0 Å². The molecule has 0 aliphatic carbocycles. The van der Waals surface area contributed by atoms with E-state index in [4.69, 9.17) is 16.7 Å². The van der Waals surface area contributed by atoms with Crippen molar-refractivity contribution in [3.63, 3.8) is 0 Å². The summed E-state index contributed by atoms with van der Waals surface area (Å²) in [4.78, 5) is 27.9. The van der Waals surface area contributed by atoms with Crippen LogP contribution in [0.2, 0.25) is 5.02 Å². The number of carbonyl (C=O) groups is 2. The molecule has 0 aliphatic heterocycles. The van der Waals surface area contributed by atoms with Gasteiger partial charge in [-0.25, -0.2) is 4.68 Å². The SMILES string of the molecule is CCCN(CC(=O)Nc1cc(-c2ccccc2)nn1-c1ccccc1Cl)C(=O)c1ccc(CC)cc1. The summed E-state index contributed by atoms with van der Waals surface area (Å²) in [6.45, 7) is 4.45. The molecule has 0 saturated carbocycles. The molecule has 0 fully saturated rings. The maximum absolute atomic E-state index is 13.2. The Kier molecular flexibility index (Phi) is 8.18. The Labute approximate surface area is 216 Å². The maximum Gasteiger partial charge on any atom is 0.254 e. The van der Waals surface area contributed by atoms with Gasteiger partial charge in [-0.3, -0.25) is 9.59 Å². The van der Waals surface area contributed by atoms with Gasteiger partial charge in [0.25, 0.3) is 5.91 Å². The molecule has 1 heterocycles. The van der Waals surface area contributed by atoms with E-state index in [0.717, 1.165) is 24.0 Å². The lowest BCUT2D eigenvalue weighted by molar-refractivity contribution is -0.116. The maximum atomic E-state index is 13.2. The fraction of sp³-hybridized carbons (Fsp3) is 0.207. The molecule has 6 nitrogen and oxygen atoms in total. The van der Waals surface area contributed by atoms with Gasteiger partial charge >= 0.3 is 0 Å². The van der Waals surface area contributed by atoms with Crippen molar-refractivity contribution in [3.8, 4) is 16.9 Å². The molecule has 3 aromatic carbocycles. The molecular weight excluding hydrogens is 472 g/mol. The number of hydrogen-bond acceptors (Lipinski definition) is 3. The van der Waals surface area contributed by atoms with Crippen LogP contribution in [0.3, 0.4) is 0 Å². The summed E-state index contributed by atoms with van der Waals surface area (Å²) in [7, 11) is 0. The zero-order valence-corrected chi connectivity index (χ0v) is 21.2. The summed E-state index contributed by atoms with van der Waals surface area (Å²) < 4.78 is 1.62. The van der Waals surface area contributed by atoms with Gasteiger partial charge in [-0.15, -0.1) is 0 Å². The van der Waals surface area contributed by atoms with Crippen LogP contribution in [0.4, 0.5) is 5.82 Å². The average Bonchev–Trinajstić information content (AvgIpc) is 3.32. The molecule has 4 rings (SSSR count). The van der Waals surface area contributed by atoms with Gasteiger partial charge in [0.15, 0.2) is 0 Å². The normalized spacial score (nSPS) is 10.8. The quantitative estimate of drug-likeness (QED) is 0.295. The lowest BCUT2D eigenvalue weighted by atomic mass is 10.1. The summed E-state index contributed by atoms with van der Waals surface area (Å²) in [6.07, 6.45) is 1.64. The Morgan fingerprint density at radius 2 is 1.64 bits per heavy atom. The molecule has 0 radical (unpaired) electrons. The highest BCUT2D eigenvalue weighted by atomic mass is 35.5. The van der Waals surface area contributed by atoms with Crippen molar-refractivity contribution in [2.45, 2.75) is 26.7 Å². The highest BCUT2D eigenvalue weighted by molar-refractivity contribution is 6.32. The topological polar surface area (TPSA) is 67.2 Å². The predicted octanol–water partition coefficient (Wildman–Crippen LogP) is 6.25. The third-order valence-corrected chi connectivity index (χ3v) is 6.17. The van der Waals surface area contributed by atoms with Gasteiger partial charge in [0.1, 0.15) is 12.4 Å². The van der Waals surface area contributed by atoms with Crippen molar-refractivity contribution in [2.24, 2.45) is 0 Å². The fourth-order valence-corrected chi connectivity index (χ4v) is 4.19. The first-order valence-electron chi connectivity index (χ1n) is 12.1. The lowest BCUT2D eigenvalue weighted by Crippen LogP contribution is -2.38. The Balaban J connectivity index is 1.59. The smallest absolute Gasteiger partial charge is 0.254 e. The number of halogens is 1. The van der Waals surface area contributed by atoms with E-state index in [1.165, 1.54) is 0 Å². The number of rotatable bonds is 9. The second-order valence-electron chi connectivity index (χ2n) is 8.47. The van der Waals surface area contributed by atoms with Gasteiger partial charge in [-0.2, -0.15) is 5.10 Å². The number of anilines is 1. The van der Waals surface area contributed by atoms with Crippen molar-refractivity contribution in [2.75, 3.05) is 18.4 Å². The molecule has 2 amide bonds. The summed E-state index contributed by atoms with van der Waals surface area (Å²) in [5.41, 5.74) is 3.99. The number of benzene rings is 3. The molecule has 4 aromatic rings. The molecule has 184 valence electrons. The van der Waals surface area contributed by atoms with E-state index in [1.807, 2.05) is 85.8 Å². The van der Waals surface area contributed by atoms with Crippen LogP contribution in [0.25, 0.3) is 16.9 Å². The van der Waals surface area contributed by atoms with Crippen LogP contribution < -0.4 is 5.32 Å². The molecule has 0 saturated heterocycles. The number of hydrogen-bond donors (Lipinski definition) is 1. The van der Waals surface area contributed by atoms with Crippen LogP contribution >= 0.6 is 11.6 Å². The van der Waals surface area contributed by atoms with Crippen molar-refractivity contribution < 1.29 is 9.59 Å². The Hall–Kier alpha value is -3.90. The first kappa shape index (κ1) is 25.2. The molecule has 0 unspecified atom stereocenters. The Morgan fingerprint density at radius 3 is 2.31 bits per heavy atom. The second kappa shape index (κ2) is 11.7. The highest BCUT2D eigenvalue weighted by Gasteiger charge is 2.21. The van der Waals surface area contributed by atoms with Crippen molar-refractivity contribution in [1.82, 2.24) is 14.7 Å². The summed E-state index contributed by atoms with van der Waals surface area (Å²) in [5, 5.41) is 8.17. The number of amides is 2. The summed E-state index contributed by atoms with van der Waals surface area (Å²) >= 11 is 6.45. The van der Waals surface area contributed by atoms with E-state index in [0.29, 0.717) is 34.3 Å². The summed E-state index contributed by atoms with van der Waals surface area (Å²) in [6, 6.07) is 26.4. The van der Waals surface area contributed by atoms with Crippen LogP contribution in [-0.2, 0) is 11.2 Å². The second-order valence-corrected chi connectivity index (χ2v) is 8.88. The van der Waals surface area contributed by atoms with E-state index in [-0.39, 0.29) is 18.4 Å². The van der Waals surface area contributed by atoms with Gasteiger partial charge < -0.3 is 10.2 Å². The first-order valence-corrected chi connectivity index (χ1v) is 12.5. The molecule has 36 heavy (non-hydrogen) atoms. The minimum absolute atomic E-state index is 0.0728. The Morgan fingerprint density at radius 1 is 0.944 bits per heavy atom. The monoisotopic (exact) mass is 500 g/mol. The molecule has 1 aromatic heterocycles. The number of carbonyl (C=O) groups excluding carboxylic acids is 2. The molecule has 0 spiro atoms. The van der Waals surface area contributed by atoms with Crippen molar-refractivity contribution in [1.29, 1.82) is 0 Å². The van der Waals surface area contributed by atoms with Gasteiger partial charge in [-0.05, 0) is 42.7 Å². The van der Waals surface area contributed by atoms with Gasteiger partial charge in [0.2, 0.25) is 5.91 Å². The molecule has 7 heteroatoms. The number of nitrogens with one attached hydrogen (secondary N) is 1. The molecule has 1 N–H and O–H groups in total.